The molecule has 0 heteroatoms. The topological polar surface area (TPSA) is 0 Å². The van der Waals surface area contributed by atoms with Crippen LogP contribution in [0.15, 0.2) is 97.1 Å². The monoisotopic (exact) mass is 394 g/mol. The van der Waals surface area contributed by atoms with Crippen LogP contribution in [-0.2, 0) is 5.41 Å². The maximum absolute atomic E-state index is 3.78. The van der Waals surface area contributed by atoms with E-state index in [9.17, 15) is 0 Å². The van der Waals surface area contributed by atoms with Crippen LogP contribution >= 0.6 is 0 Å². The summed E-state index contributed by atoms with van der Waals surface area (Å²) in [6.07, 6.45) is 8.15. The summed E-state index contributed by atoms with van der Waals surface area (Å²) in [4.78, 5) is 0. The first-order chi connectivity index (χ1) is 14.2. The highest BCUT2D eigenvalue weighted by Crippen LogP contribution is 2.39. The van der Waals surface area contributed by atoms with Crippen LogP contribution in [0.1, 0.15) is 80.4 Å². The fourth-order valence-electron chi connectivity index (χ4n) is 2.77. The summed E-state index contributed by atoms with van der Waals surface area (Å²) < 4.78 is 0. The van der Waals surface area contributed by atoms with Gasteiger partial charge in [-0.15, -0.1) is 0 Å². The van der Waals surface area contributed by atoms with Crippen molar-refractivity contribution in [2.75, 3.05) is 0 Å². The Morgan fingerprint density at radius 3 is 1.31 bits per heavy atom. The minimum Gasteiger partial charge on any atom is -0.0991 e. The van der Waals surface area contributed by atoms with Gasteiger partial charge in [0.1, 0.15) is 0 Å². The molecule has 0 aliphatic carbocycles. The third-order valence-electron chi connectivity index (χ3n) is 4.00. The van der Waals surface area contributed by atoms with E-state index in [0.717, 1.165) is 0 Å². The van der Waals surface area contributed by atoms with Gasteiger partial charge in [0.2, 0.25) is 0 Å². The molecule has 0 nitrogen and oxygen atoms in total. The van der Waals surface area contributed by atoms with Crippen molar-refractivity contribution >= 4 is 0 Å². The molecule has 0 spiro atoms. The molecule has 2 aromatic carbocycles. The average molecular weight is 395 g/mol. The summed E-state index contributed by atoms with van der Waals surface area (Å²) in [6.45, 7) is 24.1. The quantitative estimate of drug-likeness (QED) is 0.442. The summed E-state index contributed by atoms with van der Waals surface area (Å²) in [5, 5.41) is 0. The van der Waals surface area contributed by atoms with Gasteiger partial charge in [0.05, 0.1) is 0 Å². The van der Waals surface area contributed by atoms with Gasteiger partial charge in [-0.05, 0) is 30.5 Å². The molecule has 0 unspecified atom stereocenters. The normalized spacial score (nSPS) is 9.93. The van der Waals surface area contributed by atoms with Crippen LogP contribution in [0.5, 0.6) is 0 Å². The van der Waals surface area contributed by atoms with Gasteiger partial charge in [0, 0.05) is 5.41 Å². The Labute approximate surface area is 183 Å². The predicted octanol–water partition coefficient (Wildman–Crippen LogP) is 9.79. The van der Waals surface area contributed by atoms with Gasteiger partial charge in [-0.1, -0.05) is 147 Å². The van der Waals surface area contributed by atoms with Crippen molar-refractivity contribution in [3.8, 4) is 0 Å². The van der Waals surface area contributed by atoms with Crippen molar-refractivity contribution in [2.45, 2.75) is 74.7 Å². The van der Waals surface area contributed by atoms with Crippen molar-refractivity contribution in [3.63, 3.8) is 0 Å². The van der Waals surface area contributed by atoms with Crippen molar-refractivity contribution in [2.24, 2.45) is 0 Å². The fraction of sp³-hybridized carbons (Fsp3) is 0.379. The summed E-state index contributed by atoms with van der Waals surface area (Å²) in [5.74, 6) is 0. The number of hydrogen-bond acceptors (Lipinski definition) is 0. The first-order valence-corrected chi connectivity index (χ1v) is 11.3. The van der Waals surface area contributed by atoms with Gasteiger partial charge in [-0.3, -0.25) is 0 Å². The smallest absolute Gasteiger partial charge is 0.0420 e. The molecule has 0 heterocycles. The molecule has 0 aliphatic heterocycles. The predicted molar refractivity (Wildman–Crippen MR) is 138 cm³/mol. The van der Waals surface area contributed by atoms with Crippen molar-refractivity contribution in [3.05, 3.63) is 108 Å². The lowest BCUT2D eigenvalue weighted by atomic mass is 9.70. The number of allylic oxidation sites excluding steroid dienone is 5. The molecule has 0 saturated carbocycles. The van der Waals surface area contributed by atoms with E-state index in [4.69, 9.17) is 0 Å². The van der Waals surface area contributed by atoms with E-state index in [1.807, 2.05) is 67.5 Å². The highest BCUT2D eigenvalue weighted by molar-refractivity contribution is 5.51. The first kappa shape index (κ1) is 31.4. The van der Waals surface area contributed by atoms with Crippen LogP contribution in [0, 0.1) is 0 Å². The first-order valence-electron chi connectivity index (χ1n) is 11.3. The molecular weight excluding hydrogens is 348 g/mol. The van der Waals surface area contributed by atoms with Crippen LogP contribution in [0.4, 0.5) is 0 Å². The summed E-state index contributed by atoms with van der Waals surface area (Å²) in [6, 6.07) is 21.3. The Hall–Kier alpha value is -2.34. The highest BCUT2D eigenvalue weighted by atomic mass is 14.3. The minimum absolute atomic E-state index is 0.170. The second-order valence-electron chi connectivity index (χ2n) is 5.20. The second kappa shape index (κ2) is 22.0. The van der Waals surface area contributed by atoms with Gasteiger partial charge >= 0.3 is 0 Å². The van der Waals surface area contributed by atoms with Crippen LogP contribution in [0.2, 0.25) is 0 Å². The zero-order valence-electron chi connectivity index (χ0n) is 20.8. The standard InChI is InChI=1S/C21H22.4C2H6/c1-4-6-13-18(5-2)21(3,19-14-9-7-10-15-19)20-16-11-8-12-17-20;4*1-2/h4-17H,1H2,2-3H3;4*1-2H3/b13-6-,18-5+;;;;. The van der Waals surface area contributed by atoms with Crippen molar-refractivity contribution < 1.29 is 0 Å². The van der Waals surface area contributed by atoms with Gasteiger partial charge in [0.25, 0.3) is 0 Å². The fourth-order valence-corrected chi connectivity index (χ4v) is 2.77. The lowest BCUT2D eigenvalue weighted by Gasteiger charge is -2.32. The molecule has 0 aliphatic rings. The van der Waals surface area contributed by atoms with Crippen molar-refractivity contribution in [1.82, 2.24) is 0 Å². The van der Waals surface area contributed by atoms with Gasteiger partial charge in [-0.25, -0.2) is 0 Å². The molecule has 0 aromatic heterocycles. The molecule has 0 bridgehead atoms. The van der Waals surface area contributed by atoms with E-state index in [1.165, 1.54) is 16.7 Å². The van der Waals surface area contributed by atoms with Crippen molar-refractivity contribution in [1.29, 1.82) is 0 Å². The Morgan fingerprint density at radius 2 is 1.03 bits per heavy atom. The highest BCUT2D eigenvalue weighted by Gasteiger charge is 2.31. The molecule has 2 aromatic rings. The molecule has 162 valence electrons. The SMILES string of the molecule is C=C/C=C\C(=C/C)C(C)(c1ccccc1)c1ccccc1.CC.CC.CC.CC. The summed E-state index contributed by atoms with van der Waals surface area (Å²) in [5.41, 5.74) is 3.67. The van der Waals surface area contributed by atoms with E-state index in [1.54, 1.807) is 0 Å². The number of hydrogen-bond donors (Lipinski definition) is 0. The zero-order chi connectivity index (χ0) is 23.1. The van der Waals surface area contributed by atoms with Gasteiger partial charge < -0.3 is 0 Å². The van der Waals surface area contributed by atoms with E-state index in [-0.39, 0.29) is 5.41 Å². The van der Waals surface area contributed by atoms with Crippen LogP contribution in [0.3, 0.4) is 0 Å². The summed E-state index contributed by atoms with van der Waals surface area (Å²) >= 11 is 0. The second-order valence-corrected chi connectivity index (χ2v) is 5.20. The van der Waals surface area contributed by atoms with E-state index in [2.05, 4.69) is 93.2 Å². The third-order valence-corrected chi connectivity index (χ3v) is 4.00. The maximum atomic E-state index is 3.78. The molecule has 0 N–H and O–H groups in total. The van der Waals surface area contributed by atoms with Gasteiger partial charge in [0.15, 0.2) is 0 Å². The zero-order valence-corrected chi connectivity index (χ0v) is 20.8. The molecule has 0 saturated heterocycles. The van der Waals surface area contributed by atoms with E-state index < -0.39 is 0 Å². The maximum Gasteiger partial charge on any atom is 0.0420 e. The van der Waals surface area contributed by atoms with E-state index >= 15 is 0 Å². The largest absolute Gasteiger partial charge is 0.0991 e. The van der Waals surface area contributed by atoms with Crippen LogP contribution in [0.25, 0.3) is 0 Å². The van der Waals surface area contributed by atoms with Gasteiger partial charge in [-0.2, -0.15) is 0 Å². The Kier molecular flexibility index (Phi) is 23.7. The van der Waals surface area contributed by atoms with E-state index in [0.29, 0.717) is 0 Å². The van der Waals surface area contributed by atoms with Crippen LogP contribution in [-0.4, -0.2) is 0 Å². The minimum atomic E-state index is -0.170. The molecule has 0 atom stereocenters. The average Bonchev–Trinajstić information content (AvgIpc) is 2.85. The lowest BCUT2D eigenvalue weighted by Crippen LogP contribution is -2.25. The number of rotatable bonds is 5. The molecular formula is C29H46. The molecule has 0 fully saturated rings. The Bertz CT molecular complexity index is 591. The third kappa shape index (κ3) is 10.1. The molecule has 2 rings (SSSR count). The number of benzene rings is 2. The summed E-state index contributed by atoms with van der Waals surface area (Å²) in [7, 11) is 0. The molecule has 29 heavy (non-hydrogen) atoms. The molecule has 0 radical (unpaired) electrons. The van der Waals surface area contributed by atoms with Crippen LogP contribution < -0.4 is 0 Å². The Balaban J connectivity index is -0.000000754. The Morgan fingerprint density at radius 1 is 0.690 bits per heavy atom. The molecule has 0 amide bonds. The lowest BCUT2D eigenvalue weighted by molar-refractivity contribution is 0.689.